The third-order valence-corrected chi connectivity index (χ3v) is 9.05. The van der Waals surface area contributed by atoms with E-state index in [4.69, 9.17) is 26.1 Å². The molecule has 3 heterocycles. The van der Waals surface area contributed by atoms with Crippen molar-refractivity contribution in [2.24, 2.45) is 4.99 Å². The summed E-state index contributed by atoms with van der Waals surface area (Å²) in [4.78, 5) is 33.7. The maximum Gasteiger partial charge on any atom is 0.271 e. The molecule has 0 radical (unpaired) electrons. The zero-order chi connectivity index (χ0) is 29.9. The second-order valence-corrected chi connectivity index (χ2v) is 12.2. The van der Waals surface area contributed by atoms with Crippen LogP contribution in [0, 0.1) is 0 Å². The molecule has 0 spiro atoms. The molecule has 0 bridgehead atoms. The number of thiazole rings is 1. The van der Waals surface area contributed by atoms with Gasteiger partial charge < -0.3 is 14.8 Å². The van der Waals surface area contributed by atoms with Crippen molar-refractivity contribution in [3.63, 3.8) is 0 Å². The Labute approximate surface area is 260 Å². The lowest BCUT2D eigenvalue weighted by Gasteiger charge is -2.24. The molecular weight excluding hydrogens is 602 g/mol. The summed E-state index contributed by atoms with van der Waals surface area (Å²) in [6, 6.07) is 25.4. The number of rotatable bonds is 8. The first kappa shape index (κ1) is 28.7. The van der Waals surface area contributed by atoms with E-state index < -0.39 is 6.04 Å². The highest BCUT2D eigenvalue weighted by Crippen LogP contribution is 2.33. The van der Waals surface area contributed by atoms with Crippen LogP contribution in [0.15, 0.2) is 111 Å². The van der Waals surface area contributed by atoms with Gasteiger partial charge in [-0.15, -0.1) is 11.3 Å². The summed E-state index contributed by atoms with van der Waals surface area (Å²) in [5.41, 5.74) is 3.09. The van der Waals surface area contributed by atoms with Crippen molar-refractivity contribution >= 4 is 51.9 Å². The first-order valence-corrected chi connectivity index (χ1v) is 15.5. The minimum Gasteiger partial charge on any atom is -0.496 e. The molecule has 216 valence electrons. The average molecular weight is 628 g/mol. The summed E-state index contributed by atoms with van der Waals surface area (Å²) in [6.45, 7) is 2.07. The van der Waals surface area contributed by atoms with Gasteiger partial charge in [-0.2, -0.15) is 0 Å². The zero-order valence-electron chi connectivity index (χ0n) is 23.2. The number of anilines is 1. The number of thiophene rings is 1. The Morgan fingerprint density at radius 1 is 1.07 bits per heavy atom. The Bertz CT molecular complexity index is 2020. The smallest absolute Gasteiger partial charge is 0.271 e. The molecule has 5 aromatic rings. The van der Waals surface area contributed by atoms with Gasteiger partial charge in [-0.05, 0) is 72.5 Å². The van der Waals surface area contributed by atoms with Gasteiger partial charge in [0.15, 0.2) is 4.80 Å². The van der Waals surface area contributed by atoms with Crippen molar-refractivity contribution in [1.82, 2.24) is 4.57 Å². The van der Waals surface area contributed by atoms with Crippen molar-refractivity contribution < 1.29 is 14.3 Å². The lowest BCUT2D eigenvalue weighted by Crippen LogP contribution is -2.40. The first-order chi connectivity index (χ1) is 20.9. The highest BCUT2D eigenvalue weighted by molar-refractivity contribution is 7.10. The monoisotopic (exact) mass is 627 g/mol. The molecule has 3 aromatic carbocycles. The molecule has 1 aliphatic rings. The van der Waals surface area contributed by atoms with Crippen LogP contribution in [-0.4, -0.2) is 17.6 Å². The number of para-hydroxylation sites is 1. The third-order valence-electron chi connectivity index (χ3n) is 6.90. The average Bonchev–Trinajstić information content (AvgIpc) is 3.64. The van der Waals surface area contributed by atoms with Gasteiger partial charge in [0.1, 0.15) is 24.1 Å². The first-order valence-electron chi connectivity index (χ1n) is 13.4. The van der Waals surface area contributed by atoms with Crippen LogP contribution in [0.25, 0.3) is 6.08 Å². The molecule has 0 fully saturated rings. The highest BCUT2D eigenvalue weighted by atomic mass is 35.5. The molecule has 7 nitrogen and oxygen atoms in total. The third kappa shape index (κ3) is 6.06. The van der Waals surface area contributed by atoms with E-state index in [1.54, 1.807) is 23.8 Å². The van der Waals surface area contributed by atoms with Crippen LogP contribution in [0.4, 0.5) is 5.69 Å². The number of nitrogens with one attached hydrogen (secondary N) is 1. The summed E-state index contributed by atoms with van der Waals surface area (Å²) >= 11 is 8.90. The molecule has 2 aromatic heterocycles. The predicted octanol–water partition coefficient (Wildman–Crippen LogP) is 6.18. The molecule has 43 heavy (non-hydrogen) atoms. The lowest BCUT2D eigenvalue weighted by atomic mass is 10.0. The largest absolute Gasteiger partial charge is 0.496 e. The Morgan fingerprint density at radius 2 is 1.91 bits per heavy atom. The van der Waals surface area contributed by atoms with Crippen LogP contribution in [0.5, 0.6) is 11.5 Å². The topological polar surface area (TPSA) is 81.9 Å². The summed E-state index contributed by atoms with van der Waals surface area (Å²) in [5, 5.41) is 5.50. The number of aromatic nitrogens is 1. The van der Waals surface area contributed by atoms with Crippen LogP contribution in [0.1, 0.15) is 29.0 Å². The molecule has 6 rings (SSSR count). The van der Waals surface area contributed by atoms with Crippen LogP contribution in [-0.2, 0) is 11.4 Å². The Hall–Kier alpha value is -4.44. The van der Waals surface area contributed by atoms with Gasteiger partial charge in [0.05, 0.1) is 22.9 Å². The number of fused-ring (bicyclic) bond motifs is 1. The normalized spacial score (nSPS) is 14.7. The van der Waals surface area contributed by atoms with E-state index in [9.17, 15) is 9.59 Å². The van der Waals surface area contributed by atoms with E-state index in [-0.39, 0.29) is 18.1 Å². The van der Waals surface area contributed by atoms with Gasteiger partial charge in [-0.25, -0.2) is 4.99 Å². The maximum atomic E-state index is 14.0. The van der Waals surface area contributed by atoms with E-state index >= 15 is 0 Å². The van der Waals surface area contributed by atoms with E-state index in [0.29, 0.717) is 42.8 Å². The van der Waals surface area contributed by atoms with E-state index in [1.165, 1.54) is 22.7 Å². The summed E-state index contributed by atoms with van der Waals surface area (Å²) < 4.78 is 13.6. The van der Waals surface area contributed by atoms with E-state index in [0.717, 1.165) is 16.0 Å². The number of carbonyl (C=O) groups is 1. The molecule has 0 saturated carbocycles. The Balaban J connectivity index is 1.38. The molecule has 1 N–H and O–H groups in total. The van der Waals surface area contributed by atoms with Gasteiger partial charge in [0.2, 0.25) is 0 Å². The Morgan fingerprint density at radius 3 is 2.65 bits per heavy atom. The second kappa shape index (κ2) is 12.4. The summed E-state index contributed by atoms with van der Waals surface area (Å²) in [7, 11) is 1.61. The number of hydrogen-bond acceptors (Lipinski definition) is 7. The van der Waals surface area contributed by atoms with E-state index in [1.807, 2.05) is 91.2 Å². The number of ether oxygens (including phenoxy) is 2. The fourth-order valence-corrected chi connectivity index (χ4v) is 6.97. The molecule has 1 atom stereocenters. The van der Waals surface area contributed by atoms with Crippen LogP contribution in [0.3, 0.4) is 0 Å². The quantitative estimate of drug-likeness (QED) is 0.223. The highest BCUT2D eigenvalue weighted by Gasteiger charge is 2.33. The van der Waals surface area contributed by atoms with E-state index in [2.05, 4.69) is 5.32 Å². The zero-order valence-corrected chi connectivity index (χ0v) is 25.6. The summed E-state index contributed by atoms with van der Waals surface area (Å²) in [6.07, 6.45) is 1.83. The fraction of sp³-hybridized carbons (Fsp3) is 0.121. The molecule has 0 saturated heterocycles. The van der Waals surface area contributed by atoms with Gasteiger partial charge in [-0.3, -0.25) is 14.2 Å². The SMILES string of the molecule is COc1ccc(C=c2sc3n(c2=O)[C@@H](c2cccs2)C(C(=O)Nc2ccccc2)=C(C)N=3)cc1COc1cccc(Cl)c1. The molecule has 0 aliphatic carbocycles. The molecule has 10 heteroatoms. The molecule has 1 amide bonds. The lowest BCUT2D eigenvalue weighted by molar-refractivity contribution is -0.113. The minimum absolute atomic E-state index is 0.216. The van der Waals surface area contributed by atoms with Gasteiger partial charge in [-0.1, -0.05) is 59.3 Å². The number of nitrogens with zero attached hydrogens (tertiary/aromatic N) is 2. The number of benzene rings is 3. The van der Waals surface area contributed by atoms with Gasteiger partial charge in [0.25, 0.3) is 11.5 Å². The Kier molecular flexibility index (Phi) is 8.29. The van der Waals surface area contributed by atoms with Crippen LogP contribution >= 0.6 is 34.3 Å². The standard InChI is InChI=1S/C33H26ClN3O4S2/c1-20-29(31(38)36-24-9-4-3-5-10-24)30(27-12-7-15-42-27)37-32(39)28(43-33(37)35-20)17-21-13-14-26(40-2)22(16-21)19-41-25-11-6-8-23(34)18-25/h3-18,30H,19H2,1-2H3,(H,36,38)/t30-/m0/s1. The van der Waals surface area contributed by atoms with Crippen molar-refractivity contribution in [2.45, 2.75) is 19.6 Å². The molecule has 1 aliphatic heterocycles. The van der Waals surface area contributed by atoms with Crippen molar-refractivity contribution in [1.29, 1.82) is 0 Å². The maximum absolute atomic E-state index is 14.0. The van der Waals surface area contributed by atoms with Crippen molar-refractivity contribution in [2.75, 3.05) is 12.4 Å². The number of hydrogen-bond donors (Lipinski definition) is 1. The van der Waals surface area contributed by atoms with Gasteiger partial charge >= 0.3 is 0 Å². The van der Waals surface area contributed by atoms with Crippen LogP contribution < -0.4 is 29.7 Å². The molecular formula is C33H26ClN3O4S2. The minimum atomic E-state index is -0.598. The van der Waals surface area contributed by atoms with Crippen molar-refractivity contribution in [3.8, 4) is 11.5 Å². The number of halogens is 1. The number of allylic oxidation sites excluding steroid dienone is 1. The molecule has 0 unspecified atom stereocenters. The summed E-state index contributed by atoms with van der Waals surface area (Å²) in [5.74, 6) is 1.02. The number of carbonyl (C=O) groups excluding carboxylic acids is 1. The van der Waals surface area contributed by atoms with Crippen LogP contribution in [0.2, 0.25) is 5.02 Å². The second-order valence-electron chi connectivity index (χ2n) is 9.73. The number of amides is 1. The predicted molar refractivity (Wildman–Crippen MR) is 172 cm³/mol. The number of methoxy groups -OCH3 is 1. The van der Waals surface area contributed by atoms with Crippen molar-refractivity contribution in [3.05, 3.63) is 142 Å². The fourth-order valence-electron chi connectivity index (χ4n) is 4.92. The van der Waals surface area contributed by atoms with Gasteiger partial charge in [0, 0.05) is 21.2 Å².